The molecule has 1 rings (SSSR count). The van der Waals surface area contributed by atoms with Crippen LogP contribution in [0.3, 0.4) is 0 Å². The van der Waals surface area contributed by atoms with Gasteiger partial charge in [0.15, 0.2) is 0 Å². The molecular weight excluding hydrogens is 208 g/mol. The lowest BCUT2D eigenvalue weighted by molar-refractivity contribution is 0.136. The maximum atomic E-state index is 3.68. The molecule has 0 radical (unpaired) electrons. The molecule has 0 aromatic heterocycles. The fourth-order valence-corrected chi connectivity index (χ4v) is 2.81. The van der Waals surface area contributed by atoms with E-state index in [-0.39, 0.29) is 0 Å². The number of hydrogen-bond acceptors (Lipinski definition) is 2. The van der Waals surface area contributed by atoms with Gasteiger partial charge in [-0.2, -0.15) is 0 Å². The molecule has 1 fully saturated rings. The highest BCUT2D eigenvalue weighted by Gasteiger charge is 2.22. The predicted molar refractivity (Wildman–Crippen MR) is 76.4 cm³/mol. The standard InChI is InChI=1S/C15H32N2/c1-5-11-17(14(4)13(3)6-2)12-15-9-7-8-10-16-15/h13-16H,5-12H2,1-4H3. The van der Waals surface area contributed by atoms with Gasteiger partial charge in [0.1, 0.15) is 0 Å². The maximum absolute atomic E-state index is 3.68. The van der Waals surface area contributed by atoms with Crippen LogP contribution >= 0.6 is 0 Å². The highest BCUT2D eigenvalue weighted by molar-refractivity contribution is 4.80. The molecule has 0 amide bonds. The van der Waals surface area contributed by atoms with E-state index in [1.807, 2.05) is 0 Å². The number of nitrogens with one attached hydrogen (secondary N) is 1. The van der Waals surface area contributed by atoms with Gasteiger partial charge < -0.3 is 5.32 Å². The van der Waals surface area contributed by atoms with E-state index in [9.17, 15) is 0 Å². The highest BCUT2D eigenvalue weighted by atomic mass is 15.2. The van der Waals surface area contributed by atoms with E-state index in [2.05, 4.69) is 37.9 Å². The minimum absolute atomic E-state index is 0.726. The van der Waals surface area contributed by atoms with E-state index >= 15 is 0 Å². The molecule has 1 heterocycles. The first-order valence-electron chi connectivity index (χ1n) is 7.66. The van der Waals surface area contributed by atoms with Crippen molar-refractivity contribution in [3.8, 4) is 0 Å². The fourth-order valence-electron chi connectivity index (χ4n) is 2.81. The van der Waals surface area contributed by atoms with Crippen LogP contribution in [-0.4, -0.2) is 36.6 Å². The zero-order valence-corrected chi connectivity index (χ0v) is 12.3. The summed E-state index contributed by atoms with van der Waals surface area (Å²) >= 11 is 0. The maximum Gasteiger partial charge on any atom is 0.0195 e. The molecule has 1 saturated heterocycles. The zero-order chi connectivity index (χ0) is 12.7. The summed E-state index contributed by atoms with van der Waals surface area (Å²) in [5, 5.41) is 3.68. The number of hydrogen-bond donors (Lipinski definition) is 1. The molecule has 1 aliphatic rings. The van der Waals surface area contributed by atoms with Gasteiger partial charge in [0.2, 0.25) is 0 Å². The molecule has 3 unspecified atom stereocenters. The van der Waals surface area contributed by atoms with Crippen LogP contribution in [0.25, 0.3) is 0 Å². The van der Waals surface area contributed by atoms with Gasteiger partial charge in [0, 0.05) is 18.6 Å². The molecule has 0 aromatic carbocycles. The van der Waals surface area contributed by atoms with Gasteiger partial charge in [-0.1, -0.05) is 33.6 Å². The van der Waals surface area contributed by atoms with Crippen molar-refractivity contribution >= 4 is 0 Å². The summed E-state index contributed by atoms with van der Waals surface area (Å²) in [5.41, 5.74) is 0. The van der Waals surface area contributed by atoms with Crippen molar-refractivity contribution in [3.05, 3.63) is 0 Å². The van der Waals surface area contributed by atoms with Crippen LogP contribution in [-0.2, 0) is 0 Å². The lowest BCUT2D eigenvalue weighted by Gasteiger charge is -2.36. The van der Waals surface area contributed by atoms with Crippen LogP contribution in [0, 0.1) is 5.92 Å². The Morgan fingerprint density at radius 1 is 1.24 bits per heavy atom. The third-order valence-electron chi connectivity index (χ3n) is 4.42. The van der Waals surface area contributed by atoms with Crippen molar-refractivity contribution < 1.29 is 0 Å². The normalized spacial score (nSPS) is 24.9. The summed E-state index contributed by atoms with van der Waals surface area (Å²) in [6, 6.07) is 1.46. The van der Waals surface area contributed by atoms with Gasteiger partial charge in [-0.05, 0) is 45.2 Å². The second-order valence-electron chi connectivity index (χ2n) is 5.77. The van der Waals surface area contributed by atoms with Crippen molar-refractivity contribution in [2.75, 3.05) is 19.6 Å². The van der Waals surface area contributed by atoms with E-state index in [0.29, 0.717) is 0 Å². The topological polar surface area (TPSA) is 15.3 Å². The average molecular weight is 240 g/mol. The molecule has 0 saturated carbocycles. The Bertz CT molecular complexity index is 187. The van der Waals surface area contributed by atoms with Crippen molar-refractivity contribution in [2.45, 2.75) is 71.9 Å². The Balaban J connectivity index is 2.45. The summed E-state index contributed by atoms with van der Waals surface area (Å²) in [6.45, 7) is 13.1. The molecule has 3 atom stereocenters. The van der Waals surface area contributed by atoms with Gasteiger partial charge in [-0.3, -0.25) is 4.90 Å². The lowest BCUT2D eigenvalue weighted by atomic mass is 9.97. The summed E-state index contributed by atoms with van der Waals surface area (Å²) < 4.78 is 0. The van der Waals surface area contributed by atoms with Gasteiger partial charge in [0.25, 0.3) is 0 Å². The van der Waals surface area contributed by atoms with E-state index in [0.717, 1.165) is 18.0 Å². The molecule has 0 spiro atoms. The molecule has 0 aliphatic carbocycles. The highest BCUT2D eigenvalue weighted by Crippen LogP contribution is 2.17. The summed E-state index contributed by atoms with van der Waals surface area (Å²) in [7, 11) is 0. The SMILES string of the molecule is CCCN(CC1CCCCN1)C(C)C(C)CC. The first-order chi connectivity index (χ1) is 8.19. The van der Waals surface area contributed by atoms with Crippen molar-refractivity contribution in [2.24, 2.45) is 5.92 Å². The van der Waals surface area contributed by atoms with E-state index < -0.39 is 0 Å². The first kappa shape index (κ1) is 15.0. The van der Waals surface area contributed by atoms with Crippen molar-refractivity contribution in [1.82, 2.24) is 10.2 Å². The van der Waals surface area contributed by atoms with Crippen LogP contribution in [0.5, 0.6) is 0 Å². The van der Waals surface area contributed by atoms with Crippen LogP contribution in [0.1, 0.15) is 59.8 Å². The quantitative estimate of drug-likeness (QED) is 0.735. The van der Waals surface area contributed by atoms with Gasteiger partial charge >= 0.3 is 0 Å². The largest absolute Gasteiger partial charge is 0.313 e. The minimum atomic E-state index is 0.726. The Labute approximate surface area is 108 Å². The number of rotatable bonds is 7. The van der Waals surface area contributed by atoms with Gasteiger partial charge in [0.05, 0.1) is 0 Å². The molecule has 0 aromatic rings. The lowest BCUT2D eigenvalue weighted by Crippen LogP contribution is -2.48. The van der Waals surface area contributed by atoms with Gasteiger partial charge in [-0.15, -0.1) is 0 Å². The van der Waals surface area contributed by atoms with Crippen LogP contribution < -0.4 is 5.32 Å². The predicted octanol–water partition coefficient (Wildman–Crippen LogP) is 3.28. The summed E-state index contributed by atoms with van der Waals surface area (Å²) in [6.07, 6.45) is 6.71. The third kappa shape index (κ3) is 4.97. The second kappa shape index (κ2) is 8.10. The van der Waals surface area contributed by atoms with Crippen LogP contribution in [0.4, 0.5) is 0 Å². The van der Waals surface area contributed by atoms with Crippen molar-refractivity contribution in [1.29, 1.82) is 0 Å². The summed E-state index contributed by atoms with van der Waals surface area (Å²) in [4.78, 5) is 2.71. The zero-order valence-electron chi connectivity index (χ0n) is 12.3. The molecule has 0 bridgehead atoms. The van der Waals surface area contributed by atoms with Crippen molar-refractivity contribution in [3.63, 3.8) is 0 Å². The Morgan fingerprint density at radius 2 is 2.00 bits per heavy atom. The summed E-state index contributed by atoms with van der Waals surface area (Å²) in [5.74, 6) is 0.810. The molecule has 1 aliphatic heterocycles. The molecule has 2 heteroatoms. The van der Waals surface area contributed by atoms with Crippen LogP contribution in [0.15, 0.2) is 0 Å². The molecule has 17 heavy (non-hydrogen) atoms. The minimum Gasteiger partial charge on any atom is -0.313 e. The molecule has 1 N–H and O–H groups in total. The second-order valence-corrected chi connectivity index (χ2v) is 5.77. The van der Waals surface area contributed by atoms with Crippen LogP contribution in [0.2, 0.25) is 0 Å². The molecule has 102 valence electrons. The monoisotopic (exact) mass is 240 g/mol. The Hall–Kier alpha value is -0.0800. The van der Waals surface area contributed by atoms with E-state index in [1.165, 1.54) is 51.7 Å². The van der Waals surface area contributed by atoms with Gasteiger partial charge in [-0.25, -0.2) is 0 Å². The first-order valence-corrected chi connectivity index (χ1v) is 7.66. The molecule has 2 nitrogen and oxygen atoms in total. The smallest absolute Gasteiger partial charge is 0.0195 e. The number of piperidine rings is 1. The fraction of sp³-hybridized carbons (Fsp3) is 1.00. The Kier molecular flexibility index (Phi) is 7.14. The van der Waals surface area contributed by atoms with E-state index in [4.69, 9.17) is 0 Å². The van der Waals surface area contributed by atoms with E-state index in [1.54, 1.807) is 0 Å². The third-order valence-corrected chi connectivity index (χ3v) is 4.42. The number of nitrogens with zero attached hydrogens (tertiary/aromatic N) is 1. The molecular formula is C15H32N2. The Morgan fingerprint density at radius 3 is 2.53 bits per heavy atom. The average Bonchev–Trinajstić information content (AvgIpc) is 2.37.